The molecule has 6 aromatic carbocycles. The third kappa shape index (κ3) is 2.90. The molecular weight excluding hydrogens is 379 g/mol. The number of hydrogen-bond donors (Lipinski definition) is 2. The van der Waals surface area contributed by atoms with E-state index < -0.39 is 7.12 Å². The first kappa shape index (κ1) is 18.1. The fourth-order valence-electron chi connectivity index (χ4n) is 4.70. The average molecular weight is 398 g/mol. The van der Waals surface area contributed by atoms with Gasteiger partial charge in [0.2, 0.25) is 0 Å². The van der Waals surface area contributed by atoms with Crippen LogP contribution < -0.4 is 5.46 Å². The molecule has 0 heterocycles. The molecule has 0 bridgehead atoms. The smallest absolute Gasteiger partial charge is 0.423 e. The van der Waals surface area contributed by atoms with Crippen LogP contribution in [0.3, 0.4) is 0 Å². The van der Waals surface area contributed by atoms with Crippen molar-refractivity contribution >= 4 is 55.7 Å². The second-order valence-electron chi connectivity index (χ2n) is 8.05. The van der Waals surface area contributed by atoms with Crippen LogP contribution in [0, 0.1) is 0 Å². The van der Waals surface area contributed by atoms with Gasteiger partial charge < -0.3 is 10.0 Å². The van der Waals surface area contributed by atoms with Gasteiger partial charge in [0.25, 0.3) is 0 Å². The second-order valence-corrected chi connectivity index (χ2v) is 8.05. The summed E-state index contributed by atoms with van der Waals surface area (Å²) in [6, 6.07) is 35.7. The quantitative estimate of drug-likeness (QED) is 0.293. The Balaban J connectivity index is 1.72. The SMILES string of the molecule is OB(O)c1ccc2ccc(-c3cc4ccccc4c4c3ccc3ccccc34)cc2c1. The Bertz CT molecular complexity index is 1600. The predicted octanol–water partition coefficient (Wildman–Crippen LogP) is 5.65. The van der Waals surface area contributed by atoms with E-state index in [4.69, 9.17) is 0 Å². The average Bonchev–Trinajstić information content (AvgIpc) is 2.82. The zero-order valence-electron chi connectivity index (χ0n) is 16.8. The van der Waals surface area contributed by atoms with Crippen molar-refractivity contribution in [2.24, 2.45) is 0 Å². The van der Waals surface area contributed by atoms with Crippen molar-refractivity contribution in [2.75, 3.05) is 0 Å². The van der Waals surface area contributed by atoms with Crippen LogP contribution in [-0.2, 0) is 0 Å². The zero-order chi connectivity index (χ0) is 20.9. The van der Waals surface area contributed by atoms with Crippen LogP contribution in [0.25, 0.3) is 54.2 Å². The van der Waals surface area contributed by atoms with Crippen LogP contribution in [0.5, 0.6) is 0 Å². The van der Waals surface area contributed by atoms with E-state index in [-0.39, 0.29) is 0 Å². The van der Waals surface area contributed by atoms with Gasteiger partial charge in [-0.25, -0.2) is 0 Å². The van der Waals surface area contributed by atoms with Gasteiger partial charge in [-0.1, -0.05) is 91.0 Å². The number of rotatable bonds is 2. The van der Waals surface area contributed by atoms with Crippen molar-refractivity contribution in [3.63, 3.8) is 0 Å². The Hall–Kier alpha value is -3.66. The highest BCUT2D eigenvalue weighted by Gasteiger charge is 2.14. The summed E-state index contributed by atoms with van der Waals surface area (Å²) in [5.41, 5.74) is 2.79. The van der Waals surface area contributed by atoms with Crippen LogP contribution in [0.15, 0.2) is 103 Å². The Morgan fingerprint density at radius 2 is 1.16 bits per heavy atom. The molecule has 0 aromatic heterocycles. The molecule has 2 N–H and O–H groups in total. The summed E-state index contributed by atoms with van der Waals surface area (Å²) in [6.45, 7) is 0. The minimum Gasteiger partial charge on any atom is -0.423 e. The van der Waals surface area contributed by atoms with Gasteiger partial charge in [-0.2, -0.15) is 0 Å². The van der Waals surface area contributed by atoms with Crippen molar-refractivity contribution < 1.29 is 10.0 Å². The molecule has 0 spiro atoms. The molecule has 2 nitrogen and oxygen atoms in total. The van der Waals surface area contributed by atoms with E-state index in [0.29, 0.717) is 5.46 Å². The van der Waals surface area contributed by atoms with E-state index in [2.05, 4.69) is 84.9 Å². The summed E-state index contributed by atoms with van der Waals surface area (Å²) < 4.78 is 0. The zero-order valence-corrected chi connectivity index (χ0v) is 16.8. The highest BCUT2D eigenvalue weighted by atomic mass is 16.4. The van der Waals surface area contributed by atoms with Gasteiger partial charge >= 0.3 is 7.12 Å². The molecule has 0 saturated carbocycles. The topological polar surface area (TPSA) is 40.5 Å². The fourth-order valence-corrected chi connectivity index (χ4v) is 4.70. The van der Waals surface area contributed by atoms with E-state index in [1.54, 1.807) is 6.07 Å². The lowest BCUT2D eigenvalue weighted by molar-refractivity contribution is 0.426. The lowest BCUT2D eigenvalue weighted by Crippen LogP contribution is -2.29. The second kappa shape index (κ2) is 6.95. The molecule has 0 atom stereocenters. The largest absolute Gasteiger partial charge is 0.488 e. The van der Waals surface area contributed by atoms with Gasteiger partial charge in [0.1, 0.15) is 0 Å². The predicted molar refractivity (Wildman–Crippen MR) is 132 cm³/mol. The van der Waals surface area contributed by atoms with Gasteiger partial charge in [-0.05, 0) is 71.8 Å². The third-order valence-corrected chi connectivity index (χ3v) is 6.22. The summed E-state index contributed by atoms with van der Waals surface area (Å²) in [7, 11) is -1.47. The highest BCUT2D eigenvalue weighted by Crippen LogP contribution is 2.39. The van der Waals surface area contributed by atoms with E-state index in [1.165, 1.54) is 37.9 Å². The first-order chi connectivity index (χ1) is 15.2. The molecule has 3 heteroatoms. The van der Waals surface area contributed by atoms with E-state index >= 15 is 0 Å². The van der Waals surface area contributed by atoms with Gasteiger partial charge in [0.15, 0.2) is 0 Å². The summed E-state index contributed by atoms with van der Waals surface area (Å²) >= 11 is 0. The normalized spacial score (nSPS) is 11.5. The minimum atomic E-state index is -1.47. The van der Waals surface area contributed by atoms with Crippen molar-refractivity contribution in [1.82, 2.24) is 0 Å². The molecule has 0 aliphatic heterocycles. The van der Waals surface area contributed by atoms with E-state index in [9.17, 15) is 10.0 Å². The number of benzene rings is 6. The Morgan fingerprint density at radius 1 is 0.484 bits per heavy atom. The Morgan fingerprint density at radius 3 is 1.97 bits per heavy atom. The van der Waals surface area contributed by atoms with Crippen molar-refractivity contribution in [3.8, 4) is 11.1 Å². The molecule has 0 aliphatic rings. The van der Waals surface area contributed by atoms with E-state index in [0.717, 1.165) is 16.3 Å². The molecule has 0 fully saturated rings. The van der Waals surface area contributed by atoms with Crippen LogP contribution in [0.4, 0.5) is 0 Å². The molecular formula is C28H19BO2. The van der Waals surface area contributed by atoms with E-state index in [1.807, 2.05) is 12.1 Å². The molecule has 0 saturated heterocycles. The van der Waals surface area contributed by atoms with Crippen LogP contribution in [0.1, 0.15) is 0 Å². The van der Waals surface area contributed by atoms with Crippen LogP contribution in [-0.4, -0.2) is 17.2 Å². The monoisotopic (exact) mass is 398 g/mol. The molecule has 0 amide bonds. The standard InChI is InChI=1S/C28H19BO2/c30-29(31)23-13-11-18-9-10-21(15-22(18)16-23)27-17-20-6-2-4-8-25(20)28-24-7-3-1-5-19(24)12-14-26(27)28/h1-17,30-31H. The minimum absolute atomic E-state index is 0.499. The van der Waals surface area contributed by atoms with Crippen molar-refractivity contribution in [1.29, 1.82) is 0 Å². The Labute approximate surface area is 180 Å². The molecule has 0 aliphatic carbocycles. The lowest BCUT2D eigenvalue weighted by Gasteiger charge is -2.14. The molecule has 0 unspecified atom stereocenters. The molecule has 31 heavy (non-hydrogen) atoms. The highest BCUT2D eigenvalue weighted by molar-refractivity contribution is 6.58. The molecule has 6 aromatic rings. The summed E-state index contributed by atoms with van der Waals surface area (Å²) in [5.74, 6) is 0. The summed E-state index contributed by atoms with van der Waals surface area (Å²) in [6.07, 6.45) is 0. The first-order valence-electron chi connectivity index (χ1n) is 10.4. The molecule has 146 valence electrons. The van der Waals surface area contributed by atoms with Crippen molar-refractivity contribution in [2.45, 2.75) is 0 Å². The lowest BCUT2D eigenvalue weighted by atomic mass is 9.79. The van der Waals surface area contributed by atoms with Gasteiger partial charge in [-0.3, -0.25) is 0 Å². The van der Waals surface area contributed by atoms with Crippen LogP contribution >= 0.6 is 0 Å². The van der Waals surface area contributed by atoms with Gasteiger partial charge in [0.05, 0.1) is 0 Å². The maximum Gasteiger partial charge on any atom is 0.488 e. The molecule has 0 radical (unpaired) electrons. The summed E-state index contributed by atoms with van der Waals surface area (Å²) in [4.78, 5) is 0. The summed E-state index contributed by atoms with van der Waals surface area (Å²) in [5, 5.41) is 28.7. The molecule has 6 rings (SSSR count). The Kier molecular flexibility index (Phi) is 4.07. The van der Waals surface area contributed by atoms with Gasteiger partial charge in [0, 0.05) is 0 Å². The van der Waals surface area contributed by atoms with Gasteiger partial charge in [-0.15, -0.1) is 0 Å². The number of hydrogen-bond acceptors (Lipinski definition) is 2. The maximum atomic E-state index is 9.59. The van der Waals surface area contributed by atoms with Crippen molar-refractivity contribution in [3.05, 3.63) is 103 Å². The van der Waals surface area contributed by atoms with Crippen LogP contribution in [0.2, 0.25) is 0 Å². The first-order valence-corrected chi connectivity index (χ1v) is 10.4. The number of fused-ring (bicyclic) bond motifs is 6. The third-order valence-electron chi connectivity index (χ3n) is 6.22. The fraction of sp³-hybridized carbons (Fsp3) is 0. The maximum absolute atomic E-state index is 9.59.